The van der Waals surface area contributed by atoms with Crippen LogP contribution in [0.4, 0.5) is 0 Å². The Bertz CT molecular complexity index is 573. The van der Waals surface area contributed by atoms with Gasteiger partial charge in [0.05, 0.1) is 7.11 Å². The van der Waals surface area contributed by atoms with Crippen molar-refractivity contribution in [2.45, 2.75) is 31.3 Å². The van der Waals surface area contributed by atoms with Gasteiger partial charge in [-0.2, -0.15) is 0 Å². The largest absolute Gasteiger partial charge is 0.497 e. The molecule has 0 saturated heterocycles. The number of halogens is 1. The van der Waals surface area contributed by atoms with E-state index < -0.39 is 0 Å². The number of ether oxygens (including phenoxy) is 1. The van der Waals surface area contributed by atoms with Gasteiger partial charge < -0.3 is 10.1 Å². The average Bonchev–Trinajstić information content (AvgIpc) is 2.48. The first-order valence-electron chi connectivity index (χ1n) is 7.36. The van der Waals surface area contributed by atoms with E-state index in [1.54, 1.807) is 7.11 Å². The van der Waals surface area contributed by atoms with E-state index in [0.717, 1.165) is 17.3 Å². The SMILES string of the molecule is COc1ccc(C2CC(NCc3ccc(Cl)cc3)C2)cc1. The molecule has 0 atom stereocenters. The van der Waals surface area contributed by atoms with Crippen LogP contribution in [0.3, 0.4) is 0 Å². The molecule has 1 N–H and O–H groups in total. The normalized spacial score (nSPS) is 20.9. The number of benzene rings is 2. The van der Waals surface area contributed by atoms with Crippen LogP contribution < -0.4 is 10.1 Å². The van der Waals surface area contributed by atoms with Crippen molar-refractivity contribution in [1.82, 2.24) is 5.32 Å². The van der Waals surface area contributed by atoms with E-state index in [0.29, 0.717) is 12.0 Å². The van der Waals surface area contributed by atoms with Crippen LogP contribution >= 0.6 is 11.6 Å². The van der Waals surface area contributed by atoms with E-state index in [2.05, 4.69) is 29.6 Å². The minimum absolute atomic E-state index is 0.618. The molecule has 0 amide bonds. The number of methoxy groups -OCH3 is 1. The van der Waals surface area contributed by atoms with Gasteiger partial charge in [0.2, 0.25) is 0 Å². The van der Waals surface area contributed by atoms with E-state index in [-0.39, 0.29) is 0 Å². The fraction of sp³-hybridized carbons (Fsp3) is 0.333. The second-order valence-corrected chi connectivity index (χ2v) is 6.08. The van der Waals surface area contributed by atoms with Crippen LogP contribution in [0.15, 0.2) is 48.5 Å². The van der Waals surface area contributed by atoms with Crippen molar-refractivity contribution in [2.75, 3.05) is 7.11 Å². The van der Waals surface area contributed by atoms with Gasteiger partial charge in [0.1, 0.15) is 5.75 Å². The minimum Gasteiger partial charge on any atom is -0.497 e. The molecule has 21 heavy (non-hydrogen) atoms. The highest BCUT2D eigenvalue weighted by atomic mass is 35.5. The van der Waals surface area contributed by atoms with Gasteiger partial charge in [-0.05, 0) is 54.2 Å². The Labute approximate surface area is 131 Å². The van der Waals surface area contributed by atoms with Gasteiger partial charge in [0, 0.05) is 17.6 Å². The minimum atomic E-state index is 0.618. The summed E-state index contributed by atoms with van der Waals surface area (Å²) in [5.74, 6) is 1.61. The topological polar surface area (TPSA) is 21.3 Å². The Balaban J connectivity index is 1.46. The Morgan fingerprint density at radius 3 is 2.33 bits per heavy atom. The first-order chi connectivity index (χ1) is 10.2. The summed E-state index contributed by atoms with van der Waals surface area (Å²) in [5.41, 5.74) is 2.70. The van der Waals surface area contributed by atoms with Gasteiger partial charge in [0.25, 0.3) is 0 Å². The fourth-order valence-corrected chi connectivity index (χ4v) is 2.92. The van der Waals surface area contributed by atoms with Crippen molar-refractivity contribution >= 4 is 11.6 Å². The van der Waals surface area contributed by atoms with Crippen LogP contribution in [0.25, 0.3) is 0 Å². The summed E-state index contributed by atoms with van der Waals surface area (Å²) in [6, 6.07) is 17.1. The number of nitrogens with one attached hydrogen (secondary N) is 1. The van der Waals surface area contributed by atoms with Crippen LogP contribution in [0.2, 0.25) is 5.02 Å². The predicted molar refractivity (Wildman–Crippen MR) is 87.0 cm³/mol. The third-order valence-corrected chi connectivity index (χ3v) is 4.49. The highest BCUT2D eigenvalue weighted by molar-refractivity contribution is 6.30. The molecule has 0 aliphatic heterocycles. The molecular formula is C18H20ClNO. The third-order valence-electron chi connectivity index (χ3n) is 4.23. The molecule has 2 aromatic rings. The van der Waals surface area contributed by atoms with Crippen LogP contribution in [-0.4, -0.2) is 13.2 Å². The molecule has 2 nitrogen and oxygen atoms in total. The molecule has 1 aliphatic rings. The van der Waals surface area contributed by atoms with Gasteiger partial charge in [-0.25, -0.2) is 0 Å². The van der Waals surface area contributed by atoms with E-state index >= 15 is 0 Å². The zero-order chi connectivity index (χ0) is 14.7. The highest BCUT2D eigenvalue weighted by Crippen LogP contribution is 2.37. The monoisotopic (exact) mass is 301 g/mol. The summed E-state index contributed by atoms with van der Waals surface area (Å²) in [6.07, 6.45) is 2.42. The molecule has 1 saturated carbocycles. The summed E-state index contributed by atoms with van der Waals surface area (Å²) in [6.45, 7) is 0.914. The maximum Gasteiger partial charge on any atom is 0.118 e. The lowest BCUT2D eigenvalue weighted by Crippen LogP contribution is -2.39. The van der Waals surface area contributed by atoms with Crippen LogP contribution in [0, 0.1) is 0 Å². The van der Waals surface area contributed by atoms with E-state index in [1.165, 1.54) is 24.0 Å². The quantitative estimate of drug-likeness (QED) is 0.884. The number of hydrogen-bond donors (Lipinski definition) is 1. The van der Waals surface area contributed by atoms with Crippen LogP contribution in [0.5, 0.6) is 5.75 Å². The average molecular weight is 302 g/mol. The molecular weight excluding hydrogens is 282 g/mol. The summed E-state index contributed by atoms with van der Waals surface area (Å²) in [4.78, 5) is 0. The van der Waals surface area contributed by atoms with Crippen molar-refractivity contribution in [3.63, 3.8) is 0 Å². The Hall–Kier alpha value is -1.51. The molecule has 0 aromatic heterocycles. The second kappa shape index (κ2) is 6.50. The Morgan fingerprint density at radius 1 is 1.05 bits per heavy atom. The molecule has 1 fully saturated rings. The maximum absolute atomic E-state index is 5.89. The van der Waals surface area contributed by atoms with Crippen LogP contribution in [0.1, 0.15) is 29.9 Å². The van der Waals surface area contributed by atoms with Crippen molar-refractivity contribution in [2.24, 2.45) is 0 Å². The van der Waals surface area contributed by atoms with E-state index in [9.17, 15) is 0 Å². The molecule has 110 valence electrons. The van der Waals surface area contributed by atoms with Crippen molar-refractivity contribution in [3.05, 3.63) is 64.7 Å². The van der Waals surface area contributed by atoms with Gasteiger partial charge >= 0.3 is 0 Å². The van der Waals surface area contributed by atoms with Crippen molar-refractivity contribution in [3.8, 4) is 5.75 Å². The third kappa shape index (κ3) is 3.58. The van der Waals surface area contributed by atoms with E-state index in [4.69, 9.17) is 16.3 Å². The molecule has 1 aliphatic carbocycles. The second-order valence-electron chi connectivity index (χ2n) is 5.65. The standard InChI is InChI=1S/C18H20ClNO/c1-21-18-8-4-14(5-9-18)15-10-17(11-15)20-12-13-2-6-16(19)7-3-13/h2-9,15,17,20H,10-12H2,1H3. The number of hydrogen-bond acceptors (Lipinski definition) is 2. The first-order valence-corrected chi connectivity index (χ1v) is 7.74. The smallest absolute Gasteiger partial charge is 0.118 e. The number of rotatable bonds is 5. The lowest BCUT2D eigenvalue weighted by Gasteiger charge is -2.36. The molecule has 0 unspecified atom stereocenters. The summed E-state index contributed by atoms with van der Waals surface area (Å²) < 4.78 is 5.20. The molecule has 2 aromatic carbocycles. The molecule has 3 heteroatoms. The lowest BCUT2D eigenvalue weighted by atomic mass is 9.76. The molecule has 0 bridgehead atoms. The summed E-state index contributed by atoms with van der Waals surface area (Å²) in [7, 11) is 1.70. The first kappa shape index (κ1) is 14.4. The van der Waals surface area contributed by atoms with Gasteiger partial charge in [-0.3, -0.25) is 0 Å². The lowest BCUT2D eigenvalue weighted by molar-refractivity contribution is 0.289. The van der Waals surface area contributed by atoms with E-state index in [1.807, 2.05) is 24.3 Å². The zero-order valence-electron chi connectivity index (χ0n) is 12.2. The van der Waals surface area contributed by atoms with Gasteiger partial charge in [-0.15, -0.1) is 0 Å². The maximum atomic E-state index is 5.89. The Kier molecular flexibility index (Phi) is 4.47. The summed E-state index contributed by atoms with van der Waals surface area (Å²) in [5, 5.41) is 4.40. The molecule has 0 radical (unpaired) electrons. The predicted octanol–water partition coefficient (Wildman–Crippen LogP) is 4.38. The van der Waals surface area contributed by atoms with Crippen molar-refractivity contribution in [1.29, 1.82) is 0 Å². The molecule has 3 rings (SSSR count). The van der Waals surface area contributed by atoms with Gasteiger partial charge in [-0.1, -0.05) is 35.9 Å². The zero-order valence-corrected chi connectivity index (χ0v) is 12.9. The fourth-order valence-electron chi connectivity index (χ4n) is 2.80. The van der Waals surface area contributed by atoms with Crippen LogP contribution in [-0.2, 0) is 6.54 Å². The molecule has 0 spiro atoms. The van der Waals surface area contributed by atoms with Gasteiger partial charge in [0.15, 0.2) is 0 Å². The summed E-state index contributed by atoms with van der Waals surface area (Å²) >= 11 is 5.89. The van der Waals surface area contributed by atoms with Crippen molar-refractivity contribution < 1.29 is 4.74 Å². The Morgan fingerprint density at radius 2 is 1.71 bits per heavy atom. The molecule has 0 heterocycles. The highest BCUT2D eigenvalue weighted by Gasteiger charge is 2.29.